The Balaban J connectivity index is 2.72. The van der Waals surface area contributed by atoms with Gasteiger partial charge in [-0.15, -0.1) is 0 Å². The maximum Gasteiger partial charge on any atom is 0.267 e. The lowest BCUT2D eigenvalue weighted by molar-refractivity contribution is -0.112. The topological polar surface area (TPSA) is 83.4 Å². The van der Waals surface area contributed by atoms with Gasteiger partial charge in [0, 0.05) is 26.1 Å². The van der Waals surface area contributed by atoms with Crippen LogP contribution in [0, 0.1) is 25.2 Å². The normalized spacial score (nSPS) is 11.2. The number of nitriles is 1. The number of rotatable bonds is 7. The van der Waals surface area contributed by atoms with E-state index in [-0.39, 0.29) is 5.57 Å². The van der Waals surface area contributed by atoms with Gasteiger partial charge in [0.15, 0.2) is 6.29 Å². The molecular formula is C16H21N3O3. The van der Waals surface area contributed by atoms with Gasteiger partial charge in [0.05, 0.1) is 6.54 Å². The zero-order chi connectivity index (χ0) is 16.5. The van der Waals surface area contributed by atoms with Crippen molar-refractivity contribution in [1.29, 1.82) is 5.26 Å². The van der Waals surface area contributed by atoms with Crippen molar-refractivity contribution in [3.05, 3.63) is 41.1 Å². The Hall–Kier alpha value is -2.36. The third-order valence-corrected chi connectivity index (χ3v) is 3.27. The first-order chi connectivity index (χ1) is 10.5. The van der Waals surface area contributed by atoms with E-state index in [4.69, 9.17) is 14.7 Å². The van der Waals surface area contributed by atoms with Crippen LogP contribution in [0.4, 0.5) is 5.69 Å². The summed E-state index contributed by atoms with van der Waals surface area (Å²) in [6.07, 6.45) is 0.907. The lowest BCUT2D eigenvalue weighted by Gasteiger charge is -2.13. The minimum Gasteiger partial charge on any atom is -0.385 e. The maximum absolute atomic E-state index is 12.1. The molecule has 0 aliphatic heterocycles. The lowest BCUT2D eigenvalue weighted by atomic mass is 10.1. The highest BCUT2D eigenvalue weighted by atomic mass is 16.7. The van der Waals surface area contributed by atoms with E-state index in [9.17, 15) is 4.79 Å². The van der Waals surface area contributed by atoms with Crippen molar-refractivity contribution < 1.29 is 14.3 Å². The van der Waals surface area contributed by atoms with Crippen molar-refractivity contribution in [3.63, 3.8) is 0 Å². The molecule has 0 heterocycles. The number of benzene rings is 1. The summed E-state index contributed by atoms with van der Waals surface area (Å²) in [5, 5.41) is 14.7. The number of amides is 1. The van der Waals surface area contributed by atoms with Gasteiger partial charge in [0.1, 0.15) is 11.6 Å². The molecule has 1 rings (SSSR count). The fraction of sp³-hybridized carbons (Fsp3) is 0.375. The van der Waals surface area contributed by atoms with Gasteiger partial charge in [-0.3, -0.25) is 4.79 Å². The van der Waals surface area contributed by atoms with E-state index in [0.29, 0.717) is 12.2 Å². The van der Waals surface area contributed by atoms with Gasteiger partial charge in [-0.1, -0.05) is 12.1 Å². The average Bonchev–Trinajstić information content (AvgIpc) is 2.52. The molecule has 0 spiro atoms. The predicted octanol–water partition coefficient (Wildman–Crippen LogP) is 1.86. The fourth-order valence-electron chi connectivity index (χ4n) is 1.74. The van der Waals surface area contributed by atoms with Gasteiger partial charge in [0.2, 0.25) is 0 Å². The molecule has 0 fully saturated rings. The van der Waals surface area contributed by atoms with E-state index in [1.807, 2.05) is 32.0 Å². The number of carbonyl (C=O) groups is 1. The second-order valence-corrected chi connectivity index (χ2v) is 4.68. The van der Waals surface area contributed by atoms with Crippen molar-refractivity contribution in [2.45, 2.75) is 20.1 Å². The molecular weight excluding hydrogens is 282 g/mol. The Labute approximate surface area is 130 Å². The van der Waals surface area contributed by atoms with Crippen molar-refractivity contribution in [2.24, 2.45) is 0 Å². The summed E-state index contributed by atoms with van der Waals surface area (Å²) in [5.41, 5.74) is 2.71. The van der Waals surface area contributed by atoms with E-state index in [2.05, 4.69) is 10.6 Å². The van der Waals surface area contributed by atoms with E-state index in [1.165, 1.54) is 20.4 Å². The third-order valence-electron chi connectivity index (χ3n) is 3.27. The van der Waals surface area contributed by atoms with E-state index >= 15 is 0 Å². The van der Waals surface area contributed by atoms with Crippen LogP contribution < -0.4 is 10.6 Å². The van der Waals surface area contributed by atoms with Crippen molar-refractivity contribution in [3.8, 4) is 6.07 Å². The molecule has 22 heavy (non-hydrogen) atoms. The van der Waals surface area contributed by atoms with Gasteiger partial charge < -0.3 is 20.1 Å². The molecule has 0 saturated heterocycles. The Kier molecular flexibility index (Phi) is 7.09. The monoisotopic (exact) mass is 303 g/mol. The van der Waals surface area contributed by atoms with Gasteiger partial charge >= 0.3 is 0 Å². The number of ether oxygens (including phenoxy) is 2. The summed E-state index contributed by atoms with van der Waals surface area (Å²) in [7, 11) is 3.02. The van der Waals surface area contributed by atoms with Crippen molar-refractivity contribution in [1.82, 2.24) is 5.32 Å². The first kappa shape index (κ1) is 17.7. The number of nitrogens with zero attached hydrogens (tertiary/aromatic N) is 1. The molecule has 0 bridgehead atoms. The van der Waals surface area contributed by atoms with Gasteiger partial charge in [0.25, 0.3) is 5.91 Å². The number of hydrogen-bond acceptors (Lipinski definition) is 5. The van der Waals surface area contributed by atoms with Crippen LogP contribution in [0.25, 0.3) is 0 Å². The van der Waals surface area contributed by atoms with Crippen molar-refractivity contribution in [2.75, 3.05) is 26.1 Å². The molecule has 0 aliphatic carbocycles. The second-order valence-electron chi connectivity index (χ2n) is 4.68. The largest absolute Gasteiger partial charge is 0.385 e. The van der Waals surface area contributed by atoms with E-state index in [1.54, 1.807) is 6.07 Å². The first-order valence-corrected chi connectivity index (χ1v) is 6.80. The molecule has 1 aromatic carbocycles. The van der Waals surface area contributed by atoms with Crippen LogP contribution in [-0.4, -0.2) is 33.0 Å². The zero-order valence-corrected chi connectivity index (χ0v) is 13.3. The Morgan fingerprint density at radius 1 is 1.36 bits per heavy atom. The van der Waals surface area contributed by atoms with E-state index < -0.39 is 12.2 Å². The Morgan fingerprint density at radius 2 is 2.05 bits per heavy atom. The molecule has 0 aliphatic rings. The molecule has 6 heteroatoms. The molecule has 0 atom stereocenters. The van der Waals surface area contributed by atoms with Crippen LogP contribution in [-0.2, 0) is 14.3 Å². The second kappa shape index (κ2) is 8.82. The summed E-state index contributed by atoms with van der Waals surface area (Å²) in [6, 6.07) is 7.49. The van der Waals surface area contributed by atoms with Crippen LogP contribution in [0.3, 0.4) is 0 Å². The number of carbonyl (C=O) groups excluding carboxylic acids is 1. The SMILES string of the molecule is COC(CN/C=C(/C#N)C(=O)Nc1cccc(C)c1C)OC. The molecule has 0 radical (unpaired) electrons. The minimum atomic E-state index is -0.463. The number of hydrogen-bond donors (Lipinski definition) is 2. The van der Waals surface area contributed by atoms with Crippen LogP contribution >= 0.6 is 0 Å². The van der Waals surface area contributed by atoms with Crippen LogP contribution in [0.5, 0.6) is 0 Å². The van der Waals surface area contributed by atoms with Crippen LogP contribution in [0.1, 0.15) is 11.1 Å². The number of anilines is 1. The predicted molar refractivity (Wildman–Crippen MR) is 84.1 cm³/mol. The highest BCUT2D eigenvalue weighted by Gasteiger charge is 2.11. The Morgan fingerprint density at radius 3 is 2.64 bits per heavy atom. The summed E-state index contributed by atoms with van der Waals surface area (Å²) in [6.45, 7) is 4.21. The average molecular weight is 303 g/mol. The third kappa shape index (κ3) is 4.88. The van der Waals surface area contributed by atoms with Gasteiger partial charge in [-0.05, 0) is 31.0 Å². The molecule has 0 aromatic heterocycles. The summed E-state index contributed by atoms with van der Waals surface area (Å²) >= 11 is 0. The summed E-state index contributed by atoms with van der Waals surface area (Å²) < 4.78 is 10.0. The molecule has 6 nitrogen and oxygen atoms in total. The smallest absolute Gasteiger partial charge is 0.267 e. The molecule has 1 amide bonds. The van der Waals surface area contributed by atoms with E-state index in [0.717, 1.165) is 11.1 Å². The Bertz CT molecular complexity index is 587. The summed E-state index contributed by atoms with van der Waals surface area (Å²) in [4.78, 5) is 12.1. The lowest BCUT2D eigenvalue weighted by Crippen LogP contribution is -2.27. The fourth-order valence-corrected chi connectivity index (χ4v) is 1.74. The maximum atomic E-state index is 12.1. The highest BCUT2D eigenvalue weighted by Crippen LogP contribution is 2.18. The van der Waals surface area contributed by atoms with Gasteiger partial charge in [-0.2, -0.15) is 5.26 Å². The molecule has 2 N–H and O–H groups in total. The standard InChI is InChI=1S/C16H21N3O3/c1-11-6-5-7-14(12(11)2)19-16(20)13(8-17)9-18-10-15(21-3)22-4/h5-7,9,15,18H,10H2,1-4H3,(H,19,20)/b13-9-. The van der Waals surface area contributed by atoms with Crippen molar-refractivity contribution >= 4 is 11.6 Å². The summed E-state index contributed by atoms with van der Waals surface area (Å²) in [5.74, 6) is -0.463. The molecule has 1 aromatic rings. The van der Waals surface area contributed by atoms with Crippen LogP contribution in [0.2, 0.25) is 0 Å². The van der Waals surface area contributed by atoms with Crippen LogP contribution in [0.15, 0.2) is 30.0 Å². The molecule has 0 unspecified atom stereocenters. The van der Waals surface area contributed by atoms with Gasteiger partial charge in [-0.25, -0.2) is 0 Å². The number of nitrogens with one attached hydrogen (secondary N) is 2. The minimum absolute atomic E-state index is 0.0214. The first-order valence-electron chi connectivity index (χ1n) is 6.80. The molecule has 118 valence electrons. The highest BCUT2D eigenvalue weighted by molar-refractivity contribution is 6.06. The number of methoxy groups -OCH3 is 2. The molecule has 0 saturated carbocycles. The number of aryl methyl sites for hydroxylation is 1. The quantitative estimate of drug-likeness (QED) is 0.456. The zero-order valence-electron chi connectivity index (χ0n) is 13.3.